The highest BCUT2D eigenvalue weighted by Gasteiger charge is 2.13. The third kappa shape index (κ3) is 4.97. The van der Waals surface area contributed by atoms with E-state index < -0.39 is 0 Å². The number of aromatic nitrogens is 1. The molecule has 2 aromatic rings. The molecule has 0 unspecified atom stereocenters. The molecule has 1 aliphatic rings. The lowest BCUT2D eigenvalue weighted by molar-refractivity contribution is 0.102. The van der Waals surface area contributed by atoms with Crippen LogP contribution in [0.3, 0.4) is 0 Å². The fourth-order valence-electron chi connectivity index (χ4n) is 3.15. The van der Waals surface area contributed by atoms with Crippen molar-refractivity contribution >= 4 is 17.3 Å². The van der Waals surface area contributed by atoms with Crippen molar-refractivity contribution in [2.24, 2.45) is 0 Å². The van der Waals surface area contributed by atoms with Crippen molar-refractivity contribution in [3.8, 4) is 5.75 Å². The van der Waals surface area contributed by atoms with Crippen molar-refractivity contribution in [1.29, 1.82) is 0 Å². The van der Waals surface area contributed by atoms with Crippen LogP contribution < -0.4 is 15.0 Å². The molecule has 138 valence electrons. The first-order valence-corrected chi connectivity index (χ1v) is 9.40. The van der Waals surface area contributed by atoms with Gasteiger partial charge in [0.05, 0.1) is 23.6 Å². The smallest absolute Gasteiger partial charge is 0.257 e. The Bertz CT molecular complexity index is 720. The second kappa shape index (κ2) is 8.70. The third-order valence-electron chi connectivity index (χ3n) is 4.44. The fraction of sp³-hybridized carbons (Fsp3) is 0.429. The number of nitrogens with one attached hydrogen (secondary N) is 1. The number of rotatable bonds is 5. The maximum Gasteiger partial charge on any atom is 0.257 e. The van der Waals surface area contributed by atoms with Crippen LogP contribution in [0.2, 0.25) is 0 Å². The Kier molecular flexibility index (Phi) is 6.10. The van der Waals surface area contributed by atoms with Crippen LogP contribution in [0, 0.1) is 0 Å². The standard InChI is InChI=1S/C21H27N3O2/c1-16(2)26-20-9-7-18(8-10-20)23-21(25)17-13-19(15-22-14-17)24-11-5-3-4-6-12-24/h7-10,13-16H,3-6,11-12H2,1-2H3,(H,23,25). The van der Waals surface area contributed by atoms with Crippen LogP contribution in [0.4, 0.5) is 11.4 Å². The van der Waals surface area contributed by atoms with Gasteiger partial charge in [0, 0.05) is 25.0 Å². The normalized spacial score (nSPS) is 14.8. The maximum absolute atomic E-state index is 12.6. The van der Waals surface area contributed by atoms with E-state index in [1.54, 1.807) is 6.20 Å². The summed E-state index contributed by atoms with van der Waals surface area (Å²) in [6.07, 6.45) is 8.54. The number of carbonyl (C=O) groups excluding carboxylic acids is 1. The largest absolute Gasteiger partial charge is 0.491 e. The van der Waals surface area contributed by atoms with Crippen LogP contribution >= 0.6 is 0 Å². The molecule has 2 heterocycles. The first-order valence-electron chi connectivity index (χ1n) is 9.40. The molecule has 0 atom stereocenters. The van der Waals surface area contributed by atoms with Gasteiger partial charge in [-0.2, -0.15) is 0 Å². The minimum Gasteiger partial charge on any atom is -0.491 e. The molecule has 5 heteroatoms. The van der Waals surface area contributed by atoms with Crippen LogP contribution in [0.5, 0.6) is 5.75 Å². The summed E-state index contributed by atoms with van der Waals surface area (Å²) in [7, 11) is 0. The van der Waals surface area contributed by atoms with Gasteiger partial charge in [0.15, 0.2) is 0 Å². The minimum absolute atomic E-state index is 0.128. The zero-order valence-electron chi connectivity index (χ0n) is 15.6. The van der Waals surface area contributed by atoms with Gasteiger partial charge in [-0.1, -0.05) is 12.8 Å². The Balaban J connectivity index is 1.66. The quantitative estimate of drug-likeness (QED) is 0.860. The molecule has 1 amide bonds. The van der Waals surface area contributed by atoms with Gasteiger partial charge >= 0.3 is 0 Å². The molecular formula is C21H27N3O2. The number of benzene rings is 1. The van der Waals surface area contributed by atoms with Gasteiger partial charge in [0.2, 0.25) is 0 Å². The summed E-state index contributed by atoms with van der Waals surface area (Å²) >= 11 is 0. The number of anilines is 2. The summed E-state index contributed by atoms with van der Waals surface area (Å²) in [5.74, 6) is 0.648. The lowest BCUT2D eigenvalue weighted by atomic mass is 10.2. The highest BCUT2D eigenvalue weighted by molar-refractivity contribution is 6.04. The second-order valence-electron chi connectivity index (χ2n) is 6.98. The van der Waals surface area contributed by atoms with Crippen molar-refractivity contribution < 1.29 is 9.53 Å². The van der Waals surface area contributed by atoms with E-state index in [4.69, 9.17) is 4.74 Å². The molecule has 1 fully saturated rings. The highest BCUT2D eigenvalue weighted by atomic mass is 16.5. The summed E-state index contributed by atoms with van der Waals surface area (Å²) < 4.78 is 5.62. The van der Waals surface area contributed by atoms with E-state index in [2.05, 4.69) is 15.2 Å². The predicted molar refractivity (Wildman–Crippen MR) is 105 cm³/mol. The van der Waals surface area contributed by atoms with Crippen molar-refractivity contribution in [1.82, 2.24) is 4.98 Å². The molecule has 3 rings (SSSR count). The van der Waals surface area contributed by atoms with Gasteiger partial charge in [-0.3, -0.25) is 9.78 Å². The van der Waals surface area contributed by atoms with E-state index in [0.29, 0.717) is 5.56 Å². The molecule has 1 aromatic carbocycles. The molecule has 26 heavy (non-hydrogen) atoms. The summed E-state index contributed by atoms with van der Waals surface area (Å²) in [6.45, 7) is 6.04. The fourth-order valence-corrected chi connectivity index (χ4v) is 3.15. The maximum atomic E-state index is 12.6. The van der Waals surface area contributed by atoms with Crippen LogP contribution in [-0.2, 0) is 0 Å². The molecule has 1 aromatic heterocycles. The van der Waals surface area contributed by atoms with E-state index in [1.807, 2.05) is 50.4 Å². The van der Waals surface area contributed by atoms with Crippen molar-refractivity contribution in [2.75, 3.05) is 23.3 Å². The summed E-state index contributed by atoms with van der Waals surface area (Å²) in [5, 5.41) is 2.93. The first-order chi connectivity index (χ1) is 12.6. The van der Waals surface area contributed by atoms with Crippen LogP contribution in [-0.4, -0.2) is 30.1 Å². The van der Waals surface area contributed by atoms with E-state index in [-0.39, 0.29) is 12.0 Å². The molecule has 0 spiro atoms. The highest BCUT2D eigenvalue weighted by Crippen LogP contribution is 2.21. The number of ether oxygens (including phenoxy) is 1. The number of amides is 1. The van der Waals surface area contributed by atoms with Gasteiger partial charge < -0.3 is 15.0 Å². The summed E-state index contributed by atoms with van der Waals surface area (Å²) in [4.78, 5) is 19.2. The predicted octanol–water partition coefficient (Wildman–Crippen LogP) is 4.50. The second-order valence-corrected chi connectivity index (χ2v) is 6.98. The molecule has 0 bridgehead atoms. The van der Waals surface area contributed by atoms with Crippen molar-refractivity contribution in [3.63, 3.8) is 0 Å². The zero-order chi connectivity index (χ0) is 18.4. The monoisotopic (exact) mass is 353 g/mol. The Labute approximate surface area is 155 Å². The lowest BCUT2D eigenvalue weighted by Gasteiger charge is -2.22. The van der Waals surface area contributed by atoms with E-state index in [1.165, 1.54) is 25.7 Å². The molecule has 1 saturated heterocycles. The van der Waals surface area contributed by atoms with Crippen LogP contribution in [0.1, 0.15) is 49.9 Å². The van der Waals surface area contributed by atoms with Gasteiger partial charge in [-0.05, 0) is 57.0 Å². The number of nitrogens with zero attached hydrogens (tertiary/aromatic N) is 2. The van der Waals surface area contributed by atoms with Gasteiger partial charge in [-0.15, -0.1) is 0 Å². The molecule has 0 aliphatic carbocycles. The molecule has 0 radical (unpaired) electrons. The Morgan fingerprint density at radius 3 is 2.42 bits per heavy atom. The average molecular weight is 353 g/mol. The van der Waals surface area contributed by atoms with Gasteiger partial charge in [0.1, 0.15) is 5.75 Å². The van der Waals surface area contributed by atoms with E-state index in [0.717, 1.165) is 30.2 Å². The first kappa shape index (κ1) is 18.2. The van der Waals surface area contributed by atoms with Gasteiger partial charge in [-0.25, -0.2) is 0 Å². The van der Waals surface area contributed by atoms with Crippen molar-refractivity contribution in [3.05, 3.63) is 48.3 Å². The summed E-state index contributed by atoms with van der Waals surface area (Å²) in [5.41, 5.74) is 2.35. The van der Waals surface area contributed by atoms with E-state index >= 15 is 0 Å². The lowest BCUT2D eigenvalue weighted by Crippen LogP contribution is -2.24. The number of pyridine rings is 1. The average Bonchev–Trinajstić information content (AvgIpc) is 2.92. The Morgan fingerprint density at radius 1 is 1.08 bits per heavy atom. The topological polar surface area (TPSA) is 54.5 Å². The molecular weight excluding hydrogens is 326 g/mol. The van der Waals surface area contributed by atoms with Crippen LogP contribution in [0.15, 0.2) is 42.7 Å². The molecule has 1 aliphatic heterocycles. The molecule has 1 N–H and O–H groups in total. The van der Waals surface area contributed by atoms with Crippen LogP contribution in [0.25, 0.3) is 0 Å². The zero-order valence-corrected chi connectivity index (χ0v) is 15.6. The molecule has 5 nitrogen and oxygen atoms in total. The number of hydrogen-bond acceptors (Lipinski definition) is 4. The van der Waals surface area contributed by atoms with E-state index in [9.17, 15) is 4.79 Å². The molecule has 0 saturated carbocycles. The van der Waals surface area contributed by atoms with Crippen molar-refractivity contribution in [2.45, 2.75) is 45.6 Å². The summed E-state index contributed by atoms with van der Waals surface area (Å²) in [6, 6.07) is 9.36. The Hall–Kier alpha value is -2.56. The number of hydrogen-bond donors (Lipinski definition) is 1. The minimum atomic E-state index is -0.147. The Morgan fingerprint density at radius 2 is 1.77 bits per heavy atom. The number of carbonyl (C=O) groups is 1. The third-order valence-corrected chi connectivity index (χ3v) is 4.44. The van der Waals surface area contributed by atoms with Gasteiger partial charge in [0.25, 0.3) is 5.91 Å². The SMILES string of the molecule is CC(C)Oc1ccc(NC(=O)c2cncc(N3CCCCCC3)c2)cc1.